The van der Waals surface area contributed by atoms with Crippen molar-refractivity contribution in [2.75, 3.05) is 9.80 Å². The normalized spacial score (nSPS) is 17.3. The highest BCUT2D eigenvalue weighted by Gasteiger charge is 2.26. The monoisotopic (exact) mass is 861 g/mol. The Morgan fingerprint density at radius 1 is 0.273 bits per heavy atom. The topological polar surface area (TPSA) is 6.48 Å². The van der Waals surface area contributed by atoms with E-state index in [1.807, 2.05) is 0 Å². The van der Waals surface area contributed by atoms with Crippen molar-refractivity contribution in [1.82, 2.24) is 0 Å². The lowest BCUT2D eigenvalue weighted by atomic mass is 9.82. The van der Waals surface area contributed by atoms with Gasteiger partial charge in [0.05, 0.1) is 11.4 Å². The molecule has 5 aliphatic rings. The Balaban J connectivity index is 1.09. The van der Waals surface area contributed by atoms with Crippen LogP contribution < -0.4 is 9.80 Å². The molecule has 0 unspecified atom stereocenters. The summed E-state index contributed by atoms with van der Waals surface area (Å²) in [6.07, 6.45) is 26.4. The lowest BCUT2D eigenvalue weighted by Gasteiger charge is -2.32. The van der Waals surface area contributed by atoms with Gasteiger partial charge in [-0.1, -0.05) is 79.9 Å². The molecule has 0 atom stereocenters. The molecule has 0 spiro atoms. The predicted octanol–water partition coefficient (Wildman–Crippen LogP) is 17.6. The minimum atomic E-state index is 0.614. The third-order valence-electron chi connectivity index (χ3n) is 16.9. The van der Waals surface area contributed by atoms with Gasteiger partial charge in [0.2, 0.25) is 0 Å². The Bertz CT molecular complexity index is 3050. The number of anilines is 6. The van der Waals surface area contributed by atoms with Crippen molar-refractivity contribution in [1.29, 1.82) is 0 Å². The van der Waals surface area contributed by atoms with Crippen LogP contribution in [0.5, 0.6) is 0 Å². The molecule has 0 radical (unpaired) electrons. The van der Waals surface area contributed by atoms with Crippen molar-refractivity contribution in [3.05, 3.63) is 177 Å². The second-order valence-corrected chi connectivity index (χ2v) is 20.9. The van der Waals surface area contributed by atoms with Crippen molar-refractivity contribution >= 4 is 66.4 Å². The van der Waals surface area contributed by atoms with Crippen LogP contribution in [-0.4, -0.2) is 0 Å². The Morgan fingerprint density at radius 3 is 1.09 bits per heavy atom. The lowest BCUT2D eigenvalue weighted by molar-refractivity contribution is 0.444. The molecule has 13 rings (SSSR count). The van der Waals surface area contributed by atoms with E-state index in [2.05, 4.69) is 137 Å². The van der Waals surface area contributed by atoms with Crippen LogP contribution >= 0.6 is 0 Å². The molecule has 330 valence electrons. The molecule has 2 heteroatoms. The average molecular weight is 861 g/mol. The molecule has 0 N–H and O–H groups in total. The van der Waals surface area contributed by atoms with Crippen LogP contribution in [0.2, 0.25) is 0 Å². The van der Waals surface area contributed by atoms with E-state index in [0.29, 0.717) is 5.92 Å². The van der Waals surface area contributed by atoms with Crippen molar-refractivity contribution in [2.45, 2.75) is 141 Å². The first-order valence-corrected chi connectivity index (χ1v) is 26.2. The number of fused-ring (bicyclic) bond motifs is 9. The minimum absolute atomic E-state index is 0.614. The van der Waals surface area contributed by atoms with Crippen LogP contribution in [0.3, 0.4) is 0 Å². The molecule has 1 fully saturated rings. The second kappa shape index (κ2) is 17.1. The molecule has 66 heavy (non-hydrogen) atoms. The van der Waals surface area contributed by atoms with Crippen molar-refractivity contribution in [3.63, 3.8) is 0 Å². The van der Waals surface area contributed by atoms with E-state index >= 15 is 0 Å². The zero-order chi connectivity index (χ0) is 43.6. The standard InChI is InChI=1S/C64H64N2/c1-2-14-43(15-3-1)52-30-35-58-61-41-63(65(53-31-26-44-16-4-8-20-48(44)36-53)54-32-27-45-17-5-9-21-49(45)37-54)59-25-13-12-24-57(59)60(61)42-64(62(58)40-52)66(55-33-28-46-18-6-10-22-50(46)38-55)56-34-29-47-19-7-11-23-51(47)39-56/h12-13,24-43H,1-11,14-23H2. The largest absolute Gasteiger partial charge is 0.310 e. The van der Waals surface area contributed by atoms with Gasteiger partial charge in [0.1, 0.15) is 0 Å². The van der Waals surface area contributed by atoms with Crippen LogP contribution in [-0.2, 0) is 51.4 Å². The molecule has 8 aromatic carbocycles. The van der Waals surface area contributed by atoms with E-state index < -0.39 is 0 Å². The van der Waals surface area contributed by atoms with Crippen molar-refractivity contribution in [3.8, 4) is 0 Å². The van der Waals surface area contributed by atoms with E-state index in [1.165, 1.54) is 240 Å². The molecule has 0 aliphatic heterocycles. The summed E-state index contributed by atoms with van der Waals surface area (Å²) in [6.45, 7) is 0. The van der Waals surface area contributed by atoms with Gasteiger partial charge in [-0.3, -0.25) is 0 Å². The van der Waals surface area contributed by atoms with Crippen molar-refractivity contribution in [2.24, 2.45) is 0 Å². The maximum absolute atomic E-state index is 2.67. The third-order valence-corrected chi connectivity index (χ3v) is 16.9. The Morgan fingerprint density at radius 2 is 0.652 bits per heavy atom. The molecular weight excluding hydrogens is 797 g/mol. The first-order chi connectivity index (χ1) is 32.7. The molecule has 0 saturated heterocycles. The average Bonchev–Trinajstić information content (AvgIpc) is 3.39. The predicted molar refractivity (Wildman–Crippen MR) is 281 cm³/mol. The summed E-state index contributed by atoms with van der Waals surface area (Å²) in [5, 5.41) is 8.02. The highest BCUT2D eigenvalue weighted by molar-refractivity contribution is 6.24. The van der Waals surface area contributed by atoms with Gasteiger partial charge in [0.25, 0.3) is 0 Å². The number of aryl methyl sites for hydroxylation is 8. The lowest BCUT2D eigenvalue weighted by Crippen LogP contribution is -2.15. The first kappa shape index (κ1) is 40.4. The Kier molecular flexibility index (Phi) is 10.5. The van der Waals surface area contributed by atoms with E-state index in [1.54, 1.807) is 11.1 Å². The van der Waals surface area contributed by atoms with E-state index in [-0.39, 0.29) is 0 Å². The smallest absolute Gasteiger partial charge is 0.0546 e. The molecule has 2 nitrogen and oxygen atoms in total. The maximum atomic E-state index is 2.67. The summed E-state index contributed by atoms with van der Waals surface area (Å²) in [5.74, 6) is 0.614. The summed E-state index contributed by atoms with van der Waals surface area (Å²) in [4.78, 5) is 5.31. The quantitative estimate of drug-likeness (QED) is 0.147. The number of hydrogen-bond acceptors (Lipinski definition) is 2. The highest BCUT2D eigenvalue weighted by atomic mass is 15.2. The number of hydrogen-bond donors (Lipinski definition) is 0. The molecule has 0 bridgehead atoms. The van der Waals surface area contributed by atoms with Crippen LogP contribution in [0, 0.1) is 0 Å². The molecule has 1 saturated carbocycles. The molecule has 5 aliphatic carbocycles. The number of rotatable bonds is 7. The first-order valence-electron chi connectivity index (χ1n) is 26.2. The second-order valence-electron chi connectivity index (χ2n) is 20.9. The van der Waals surface area contributed by atoms with Gasteiger partial charge in [-0.25, -0.2) is 0 Å². The number of nitrogens with zero attached hydrogens (tertiary/aromatic N) is 2. The number of benzene rings is 8. The summed E-state index contributed by atoms with van der Waals surface area (Å²) in [6, 6.07) is 52.0. The summed E-state index contributed by atoms with van der Waals surface area (Å²) in [7, 11) is 0. The van der Waals surface area contributed by atoms with Crippen LogP contribution in [0.15, 0.2) is 127 Å². The molecular formula is C64H64N2. The van der Waals surface area contributed by atoms with E-state index in [9.17, 15) is 0 Å². The summed E-state index contributed by atoms with van der Waals surface area (Å²) in [5.41, 5.74) is 21.5. The molecule has 0 heterocycles. The third kappa shape index (κ3) is 7.22. The van der Waals surface area contributed by atoms with Crippen molar-refractivity contribution < 1.29 is 0 Å². The van der Waals surface area contributed by atoms with E-state index in [0.717, 1.165) is 0 Å². The highest BCUT2D eigenvalue weighted by Crippen LogP contribution is 2.50. The van der Waals surface area contributed by atoms with Gasteiger partial charge in [-0.15, -0.1) is 0 Å². The maximum Gasteiger partial charge on any atom is 0.0546 e. The van der Waals surface area contributed by atoms with Gasteiger partial charge >= 0.3 is 0 Å². The van der Waals surface area contributed by atoms with Crippen LogP contribution in [0.25, 0.3) is 32.3 Å². The van der Waals surface area contributed by atoms with Gasteiger partial charge in [0.15, 0.2) is 0 Å². The van der Waals surface area contributed by atoms with E-state index in [4.69, 9.17) is 0 Å². The van der Waals surface area contributed by atoms with Gasteiger partial charge in [-0.2, -0.15) is 0 Å². The minimum Gasteiger partial charge on any atom is -0.310 e. The molecule has 0 amide bonds. The molecule has 0 aromatic heterocycles. The van der Waals surface area contributed by atoms with Gasteiger partial charge in [0, 0.05) is 33.5 Å². The summed E-state index contributed by atoms with van der Waals surface area (Å²) < 4.78 is 0. The fourth-order valence-electron chi connectivity index (χ4n) is 13.3. The summed E-state index contributed by atoms with van der Waals surface area (Å²) >= 11 is 0. The molecule has 8 aromatic rings. The zero-order valence-electron chi connectivity index (χ0n) is 38.9. The van der Waals surface area contributed by atoms with Crippen LogP contribution in [0.1, 0.15) is 139 Å². The fourth-order valence-corrected chi connectivity index (χ4v) is 13.3. The van der Waals surface area contributed by atoms with Gasteiger partial charge < -0.3 is 9.80 Å². The Hall–Kier alpha value is -5.86. The zero-order valence-corrected chi connectivity index (χ0v) is 38.9. The Labute approximate surface area is 392 Å². The van der Waals surface area contributed by atoms with Gasteiger partial charge in [-0.05, 0) is 260 Å². The SMILES string of the molecule is c1ccc2c(c1)c(N(c1ccc3c(c1)CCCC3)c1ccc3c(c1)CCCC3)cc1c3ccc(C4CCCCC4)cc3c(N(c3ccc4c(c3)CCCC4)c3ccc4c(c3)CCCC4)cc21. The van der Waals surface area contributed by atoms with Crippen LogP contribution in [0.4, 0.5) is 34.1 Å². The fraction of sp³-hybridized carbons (Fsp3) is 0.344.